The standard InChI is InChI=1S/C9H20BrN/c1-8(2)11-7-5-4-6-9(3)10/h8-9,11H,4-7H2,1-3H3. The quantitative estimate of drug-likeness (QED) is 0.538. The van der Waals surface area contributed by atoms with Crippen LogP contribution in [-0.2, 0) is 0 Å². The van der Waals surface area contributed by atoms with Crippen molar-refractivity contribution in [2.75, 3.05) is 6.54 Å². The SMILES string of the molecule is CC(Br)CCCCNC(C)C. The van der Waals surface area contributed by atoms with E-state index in [9.17, 15) is 0 Å². The van der Waals surface area contributed by atoms with Crippen LogP contribution in [0.15, 0.2) is 0 Å². The molecule has 0 amide bonds. The third kappa shape index (κ3) is 10.4. The van der Waals surface area contributed by atoms with Crippen LogP contribution in [0.3, 0.4) is 0 Å². The molecular formula is C9H20BrN. The summed E-state index contributed by atoms with van der Waals surface area (Å²) in [4.78, 5) is 0.682. The van der Waals surface area contributed by atoms with E-state index in [0.717, 1.165) is 6.54 Å². The van der Waals surface area contributed by atoms with Gasteiger partial charge in [0.2, 0.25) is 0 Å². The lowest BCUT2D eigenvalue weighted by Gasteiger charge is -2.07. The topological polar surface area (TPSA) is 12.0 Å². The Balaban J connectivity index is 2.91. The normalized spacial score (nSPS) is 13.9. The van der Waals surface area contributed by atoms with E-state index in [2.05, 4.69) is 42.0 Å². The molecule has 0 aromatic carbocycles. The van der Waals surface area contributed by atoms with E-state index < -0.39 is 0 Å². The zero-order chi connectivity index (χ0) is 8.69. The molecule has 0 aromatic rings. The first-order valence-corrected chi connectivity index (χ1v) is 5.42. The van der Waals surface area contributed by atoms with E-state index in [1.807, 2.05) is 0 Å². The highest BCUT2D eigenvalue weighted by molar-refractivity contribution is 9.09. The van der Waals surface area contributed by atoms with Crippen LogP contribution in [0.5, 0.6) is 0 Å². The number of halogens is 1. The Labute approximate surface area is 79.1 Å². The van der Waals surface area contributed by atoms with Gasteiger partial charge in [0.15, 0.2) is 0 Å². The van der Waals surface area contributed by atoms with E-state index in [1.165, 1.54) is 19.3 Å². The summed E-state index contributed by atoms with van der Waals surface area (Å²) >= 11 is 3.53. The third-order valence-corrected chi connectivity index (χ3v) is 2.04. The Bertz CT molecular complexity index is 71.6. The van der Waals surface area contributed by atoms with Gasteiger partial charge in [0, 0.05) is 10.9 Å². The van der Waals surface area contributed by atoms with E-state index >= 15 is 0 Å². The maximum atomic E-state index is 3.53. The van der Waals surface area contributed by atoms with Gasteiger partial charge in [-0.3, -0.25) is 0 Å². The fourth-order valence-corrected chi connectivity index (χ4v) is 1.27. The molecule has 11 heavy (non-hydrogen) atoms. The summed E-state index contributed by atoms with van der Waals surface area (Å²) in [7, 11) is 0. The van der Waals surface area contributed by atoms with Gasteiger partial charge < -0.3 is 5.32 Å². The van der Waals surface area contributed by atoms with Gasteiger partial charge in [-0.1, -0.05) is 43.1 Å². The number of nitrogens with one attached hydrogen (secondary N) is 1. The largest absolute Gasteiger partial charge is 0.315 e. The molecule has 68 valence electrons. The molecule has 0 saturated carbocycles. The fraction of sp³-hybridized carbons (Fsp3) is 1.00. The maximum absolute atomic E-state index is 3.53. The van der Waals surface area contributed by atoms with Crippen molar-refractivity contribution in [2.45, 2.75) is 50.9 Å². The van der Waals surface area contributed by atoms with Crippen LogP contribution in [-0.4, -0.2) is 17.4 Å². The molecule has 0 spiro atoms. The molecule has 0 rings (SSSR count). The summed E-state index contributed by atoms with van der Waals surface area (Å²) in [5.41, 5.74) is 0. The first kappa shape index (κ1) is 11.4. The molecule has 2 heteroatoms. The average molecular weight is 222 g/mol. The highest BCUT2D eigenvalue weighted by atomic mass is 79.9. The van der Waals surface area contributed by atoms with Crippen LogP contribution in [0.2, 0.25) is 0 Å². The molecule has 0 aliphatic carbocycles. The van der Waals surface area contributed by atoms with E-state index in [-0.39, 0.29) is 0 Å². The fourth-order valence-electron chi connectivity index (χ4n) is 0.941. The third-order valence-electron chi connectivity index (χ3n) is 1.58. The molecule has 0 aliphatic heterocycles. The zero-order valence-corrected chi connectivity index (χ0v) is 9.45. The molecule has 0 radical (unpaired) electrons. The lowest BCUT2D eigenvalue weighted by Crippen LogP contribution is -2.23. The molecule has 0 fully saturated rings. The van der Waals surface area contributed by atoms with Gasteiger partial charge in [0.1, 0.15) is 0 Å². The van der Waals surface area contributed by atoms with Gasteiger partial charge in [-0.2, -0.15) is 0 Å². The minimum Gasteiger partial charge on any atom is -0.315 e. The van der Waals surface area contributed by atoms with Gasteiger partial charge >= 0.3 is 0 Å². The Hall–Kier alpha value is 0.440. The molecule has 0 aromatic heterocycles. The molecule has 0 aliphatic rings. The first-order valence-electron chi connectivity index (χ1n) is 4.50. The van der Waals surface area contributed by atoms with Crippen LogP contribution in [0, 0.1) is 0 Å². The van der Waals surface area contributed by atoms with Crippen molar-refractivity contribution in [2.24, 2.45) is 0 Å². The van der Waals surface area contributed by atoms with Gasteiger partial charge in [-0.05, 0) is 19.4 Å². The second-order valence-corrected chi connectivity index (χ2v) is 4.95. The molecule has 0 heterocycles. The minimum atomic E-state index is 0.636. The zero-order valence-electron chi connectivity index (χ0n) is 7.86. The number of alkyl halides is 1. The highest BCUT2D eigenvalue weighted by Gasteiger charge is 1.95. The van der Waals surface area contributed by atoms with Crippen LogP contribution < -0.4 is 5.32 Å². The Morgan fingerprint density at radius 3 is 2.27 bits per heavy atom. The molecule has 1 nitrogen and oxygen atoms in total. The summed E-state index contributed by atoms with van der Waals surface area (Å²) in [5.74, 6) is 0. The molecule has 1 atom stereocenters. The molecule has 1 N–H and O–H groups in total. The Morgan fingerprint density at radius 2 is 1.82 bits per heavy atom. The lowest BCUT2D eigenvalue weighted by atomic mass is 10.2. The number of unbranched alkanes of at least 4 members (excludes halogenated alkanes) is 1. The van der Waals surface area contributed by atoms with Gasteiger partial charge in [0.05, 0.1) is 0 Å². The first-order chi connectivity index (χ1) is 5.13. The van der Waals surface area contributed by atoms with E-state index in [4.69, 9.17) is 0 Å². The van der Waals surface area contributed by atoms with Crippen molar-refractivity contribution in [3.05, 3.63) is 0 Å². The van der Waals surface area contributed by atoms with Gasteiger partial charge in [-0.25, -0.2) is 0 Å². The second kappa shape index (κ2) is 7.11. The summed E-state index contributed by atoms with van der Waals surface area (Å²) in [6.07, 6.45) is 3.92. The van der Waals surface area contributed by atoms with Crippen molar-refractivity contribution >= 4 is 15.9 Å². The van der Waals surface area contributed by atoms with Gasteiger partial charge in [-0.15, -0.1) is 0 Å². The number of rotatable bonds is 6. The highest BCUT2D eigenvalue weighted by Crippen LogP contribution is 2.07. The lowest BCUT2D eigenvalue weighted by molar-refractivity contribution is 0.549. The van der Waals surface area contributed by atoms with Crippen LogP contribution in [0.4, 0.5) is 0 Å². The Kier molecular flexibility index (Phi) is 7.39. The molecule has 1 unspecified atom stereocenters. The van der Waals surface area contributed by atoms with E-state index in [0.29, 0.717) is 10.9 Å². The van der Waals surface area contributed by atoms with Crippen molar-refractivity contribution in [3.63, 3.8) is 0 Å². The minimum absolute atomic E-state index is 0.636. The van der Waals surface area contributed by atoms with E-state index in [1.54, 1.807) is 0 Å². The smallest absolute Gasteiger partial charge is 0.0117 e. The summed E-state index contributed by atoms with van der Waals surface area (Å²) in [5, 5.41) is 3.40. The molecular weight excluding hydrogens is 202 g/mol. The van der Waals surface area contributed by atoms with Crippen LogP contribution in [0.1, 0.15) is 40.0 Å². The van der Waals surface area contributed by atoms with Gasteiger partial charge in [0.25, 0.3) is 0 Å². The van der Waals surface area contributed by atoms with Crippen LogP contribution >= 0.6 is 15.9 Å². The predicted octanol–water partition coefficient (Wildman–Crippen LogP) is 2.94. The molecule has 0 bridgehead atoms. The molecule has 0 saturated heterocycles. The summed E-state index contributed by atoms with van der Waals surface area (Å²) in [6, 6.07) is 0.636. The number of hydrogen-bond acceptors (Lipinski definition) is 1. The number of hydrogen-bond donors (Lipinski definition) is 1. The van der Waals surface area contributed by atoms with Crippen molar-refractivity contribution in [1.29, 1.82) is 0 Å². The maximum Gasteiger partial charge on any atom is 0.0117 e. The van der Waals surface area contributed by atoms with Crippen molar-refractivity contribution in [1.82, 2.24) is 5.32 Å². The van der Waals surface area contributed by atoms with Crippen LogP contribution in [0.25, 0.3) is 0 Å². The average Bonchev–Trinajstić information content (AvgIpc) is 1.85. The Morgan fingerprint density at radius 1 is 1.18 bits per heavy atom. The summed E-state index contributed by atoms with van der Waals surface area (Å²) in [6.45, 7) is 7.74. The monoisotopic (exact) mass is 221 g/mol. The summed E-state index contributed by atoms with van der Waals surface area (Å²) < 4.78 is 0. The van der Waals surface area contributed by atoms with Crippen molar-refractivity contribution in [3.8, 4) is 0 Å². The van der Waals surface area contributed by atoms with Crippen molar-refractivity contribution < 1.29 is 0 Å². The predicted molar refractivity (Wildman–Crippen MR) is 55.4 cm³/mol. The second-order valence-electron chi connectivity index (χ2n) is 3.39.